The molecule has 1 unspecified atom stereocenters. The summed E-state index contributed by atoms with van der Waals surface area (Å²) in [5, 5.41) is 12.0. The van der Waals surface area contributed by atoms with Crippen molar-refractivity contribution in [1.82, 2.24) is 4.98 Å². The van der Waals surface area contributed by atoms with Crippen molar-refractivity contribution < 1.29 is 14.3 Å². The summed E-state index contributed by atoms with van der Waals surface area (Å²) in [6, 6.07) is 5.99. The van der Waals surface area contributed by atoms with Crippen LogP contribution in [-0.4, -0.2) is 16.1 Å². The van der Waals surface area contributed by atoms with E-state index in [2.05, 4.69) is 10.3 Å². The first-order chi connectivity index (χ1) is 9.90. The summed E-state index contributed by atoms with van der Waals surface area (Å²) in [6.07, 6.45) is 1.37. The molecule has 0 saturated carbocycles. The van der Waals surface area contributed by atoms with E-state index < -0.39 is 5.97 Å². The van der Waals surface area contributed by atoms with Crippen LogP contribution in [0.5, 0.6) is 0 Å². The maximum Gasteiger partial charge on any atom is 0.337 e. The predicted octanol–water partition coefficient (Wildman–Crippen LogP) is 2.98. The van der Waals surface area contributed by atoms with Gasteiger partial charge in [0.05, 0.1) is 17.3 Å². The topological polar surface area (TPSA) is 88.2 Å². The van der Waals surface area contributed by atoms with Crippen molar-refractivity contribution in [2.75, 3.05) is 11.1 Å². The quantitative estimate of drug-likeness (QED) is 0.805. The van der Waals surface area contributed by atoms with Crippen LogP contribution in [0.2, 0.25) is 0 Å². The molecule has 1 aromatic carbocycles. The molecule has 0 fully saturated rings. The normalized spacial score (nSPS) is 12.0. The van der Waals surface area contributed by atoms with Crippen molar-refractivity contribution in [3.8, 4) is 0 Å². The summed E-state index contributed by atoms with van der Waals surface area (Å²) in [6.45, 7) is 3.51. The van der Waals surface area contributed by atoms with Gasteiger partial charge in [-0.05, 0) is 37.1 Å². The molecule has 1 atom stereocenters. The first kappa shape index (κ1) is 14.8. The Kier molecular flexibility index (Phi) is 4.07. The number of hydrogen-bond acceptors (Lipinski definition) is 4. The first-order valence-electron chi connectivity index (χ1n) is 6.40. The number of aromatic nitrogens is 1. The van der Waals surface area contributed by atoms with Crippen molar-refractivity contribution in [3.63, 3.8) is 0 Å². The molecule has 2 aromatic rings. The predicted molar refractivity (Wildman–Crippen MR) is 78.8 cm³/mol. The molecule has 0 bridgehead atoms. The van der Waals surface area contributed by atoms with Crippen molar-refractivity contribution >= 4 is 17.5 Å². The second-order valence-corrected chi connectivity index (χ2v) is 4.80. The van der Waals surface area contributed by atoms with E-state index in [0.29, 0.717) is 5.56 Å². The van der Waals surface area contributed by atoms with Crippen LogP contribution in [0.4, 0.5) is 15.9 Å². The lowest BCUT2D eigenvalue weighted by Gasteiger charge is -2.17. The van der Waals surface area contributed by atoms with Crippen molar-refractivity contribution in [1.29, 1.82) is 0 Å². The number of halogens is 1. The molecule has 1 aromatic heterocycles. The number of nitrogens with one attached hydrogen (secondary N) is 1. The molecule has 1 heterocycles. The third-order valence-corrected chi connectivity index (χ3v) is 3.27. The SMILES string of the molecule is Cc1ccc(C(C)Nc2nccc(C(=O)O)c2N)cc1F. The van der Waals surface area contributed by atoms with Gasteiger partial charge in [0.2, 0.25) is 0 Å². The van der Waals surface area contributed by atoms with Gasteiger partial charge in [0.25, 0.3) is 0 Å². The highest BCUT2D eigenvalue weighted by atomic mass is 19.1. The lowest BCUT2D eigenvalue weighted by Crippen LogP contribution is -2.12. The third kappa shape index (κ3) is 3.10. The van der Waals surface area contributed by atoms with Crippen LogP contribution in [0, 0.1) is 12.7 Å². The maximum absolute atomic E-state index is 13.6. The Balaban J connectivity index is 2.27. The Bertz CT molecular complexity index is 689. The fourth-order valence-corrected chi connectivity index (χ4v) is 1.94. The van der Waals surface area contributed by atoms with Gasteiger partial charge in [-0.1, -0.05) is 12.1 Å². The lowest BCUT2D eigenvalue weighted by molar-refractivity contribution is 0.0698. The molecule has 0 aliphatic heterocycles. The van der Waals surface area contributed by atoms with Crippen LogP contribution in [0.3, 0.4) is 0 Å². The standard InChI is InChI=1S/C15H16FN3O2/c1-8-3-4-10(7-12(8)16)9(2)19-14-13(17)11(15(20)21)5-6-18-14/h3-7,9H,17H2,1-2H3,(H,18,19)(H,20,21). The molecule has 21 heavy (non-hydrogen) atoms. The molecular formula is C15H16FN3O2. The molecule has 0 aliphatic carbocycles. The number of nitrogens with two attached hydrogens (primary N) is 1. The fourth-order valence-electron chi connectivity index (χ4n) is 1.94. The Morgan fingerprint density at radius 2 is 2.14 bits per heavy atom. The molecular weight excluding hydrogens is 273 g/mol. The highest BCUT2D eigenvalue weighted by molar-refractivity contribution is 5.96. The third-order valence-electron chi connectivity index (χ3n) is 3.27. The number of carboxylic acids is 1. The van der Waals surface area contributed by atoms with Crippen LogP contribution >= 0.6 is 0 Å². The van der Waals surface area contributed by atoms with E-state index in [4.69, 9.17) is 10.8 Å². The first-order valence-corrected chi connectivity index (χ1v) is 6.40. The summed E-state index contributed by atoms with van der Waals surface area (Å²) in [5.41, 5.74) is 7.11. The second kappa shape index (κ2) is 5.78. The van der Waals surface area contributed by atoms with Crippen LogP contribution in [0.15, 0.2) is 30.5 Å². The van der Waals surface area contributed by atoms with Crippen LogP contribution in [0.25, 0.3) is 0 Å². The van der Waals surface area contributed by atoms with Crippen molar-refractivity contribution in [3.05, 3.63) is 53.0 Å². The number of hydrogen-bond donors (Lipinski definition) is 3. The van der Waals surface area contributed by atoms with E-state index in [1.165, 1.54) is 18.3 Å². The summed E-state index contributed by atoms with van der Waals surface area (Å²) >= 11 is 0. The zero-order valence-corrected chi connectivity index (χ0v) is 11.7. The molecule has 0 spiro atoms. The molecule has 0 saturated heterocycles. The molecule has 0 amide bonds. The minimum absolute atomic E-state index is 0.0187. The van der Waals surface area contributed by atoms with Crippen LogP contribution < -0.4 is 11.1 Å². The molecule has 0 radical (unpaired) electrons. The van der Waals surface area contributed by atoms with E-state index in [1.807, 2.05) is 6.92 Å². The molecule has 2 rings (SSSR count). The smallest absolute Gasteiger partial charge is 0.337 e. The number of pyridine rings is 1. The zero-order valence-electron chi connectivity index (χ0n) is 11.7. The number of anilines is 2. The van der Waals surface area contributed by atoms with E-state index >= 15 is 0 Å². The summed E-state index contributed by atoms with van der Waals surface area (Å²) in [5.74, 6) is -1.14. The number of nitrogens with zero attached hydrogens (tertiary/aromatic N) is 1. The average molecular weight is 289 g/mol. The van der Waals surface area contributed by atoms with Gasteiger partial charge in [0, 0.05) is 6.20 Å². The fraction of sp³-hybridized carbons (Fsp3) is 0.200. The van der Waals surface area contributed by atoms with Gasteiger partial charge in [-0.25, -0.2) is 14.2 Å². The number of aromatic carboxylic acids is 1. The van der Waals surface area contributed by atoms with E-state index in [-0.39, 0.29) is 28.9 Å². The molecule has 0 aliphatic rings. The van der Waals surface area contributed by atoms with Gasteiger partial charge in [-0.15, -0.1) is 0 Å². The van der Waals surface area contributed by atoms with Gasteiger partial charge in [-0.2, -0.15) is 0 Å². The number of nitrogen functional groups attached to an aromatic ring is 1. The summed E-state index contributed by atoms with van der Waals surface area (Å²) in [4.78, 5) is 15.1. The Morgan fingerprint density at radius 3 is 2.76 bits per heavy atom. The average Bonchev–Trinajstić information content (AvgIpc) is 2.43. The minimum atomic E-state index is -1.12. The molecule has 5 nitrogen and oxygen atoms in total. The van der Waals surface area contributed by atoms with Gasteiger partial charge in [0.15, 0.2) is 5.82 Å². The van der Waals surface area contributed by atoms with E-state index in [9.17, 15) is 9.18 Å². The Morgan fingerprint density at radius 1 is 1.43 bits per heavy atom. The van der Waals surface area contributed by atoms with Gasteiger partial charge < -0.3 is 16.2 Å². The molecule has 110 valence electrons. The Labute approximate surface area is 121 Å². The van der Waals surface area contributed by atoms with Crippen molar-refractivity contribution in [2.45, 2.75) is 19.9 Å². The number of carboxylic acid groups (broad SMARTS) is 1. The highest BCUT2D eigenvalue weighted by Gasteiger charge is 2.15. The number of benzene rings is 1. The largest absolute Gasteiger partial charge is 0.478 e. The van der Waals surface area contributed by atoms with Gasteiger partial charge in [-0.3, -0.25) is 0 Å². The van der Waals surface area contributed by atoms with E-state index in [0.717, 1.165) is 5.56 Å². The summed E-state index contributed by atoms with van der Waals surface area (Å²) in [7, 11) is 0. The molecule has 4 N–H and O–H groups in total. The second-order valence-electron chi connectivity index (χ2n) is 4.80. The monoisotopic (exact) mass is 289 g/mol. The highest BCUT2D eigenvalue weighted by Crippen LogP contribution is 2.25. The van der Waals surface area contributed by atoms with Crippen LogP contribution in [-0.2, 0) is 0 Å². The number of aryl methyl sites for hydroxylation is 1. The van der Waals surface area contributed by atoms with Crippen molar-refractivity contribution in [2.24, 2.45) is 0 Å². The number of carbonyl (C=O) groups is 1. The maximum atomic E-state index is 13.6. The zero-order chi connectivity index (χ0) is 15.6. The Hall–Kier alpha value is -2.63. The van der Waals surface area contributed by atoms with Gasteiger partial charge in [0.1, 0.15) is 5.82 Å². The van der Waals surface area contributed by atoms with E-state index in [1.54, 1.807) is 19.1 Å². The minimum Gasteiger partial charge on any atom is -0.478 e. The lowest BCUT2D eigenvalue weighted by atomic mass is 10.1. The molecule has 6 heteroatoms. The number of rotatable bonds is 4. The van der Waals surface area contributed by atoms with Crippen LogP contribution in [0.1, 0.15) is 34.5 Å². The van der Waals surface area contributed by atoms with Gasteiger partial charge >= 0.3 is 5.97 Å². The summed E-state index contributed by atoms with van der Waals surface area (Å²) < 4.78 is 13.6.